The van der Waals surface area contributed by atoms with Gasteiger partial charge in [-0.15, -0.1) is 0 Å². The molecule has 1 amide bonds. The molecule has 0 bridgehead atoms. The zero-order valence-electron chi connectivity index (χ0n) is 10.3. The first-order chi connectivity index (χ1) is 8.70. The van der Waals surface area contributed by atoms with Crippen molar-refractivity contribution in [3.8, 4) is 0 Å². The minimum absolute atomic E-state index is 0.0972. The second kappa shape index (κ2) is 5.99. The van der Waals surface area contributed by atoms with Crippen LogP contribution in [0.5, 0.6) is 0 Å². The Morgan fingerprint density at radius 3 is 2.94 bits per heavy atom. The third-order valence-electron chi connectivity index (χ3n) is 2.74. The lowest BCUT2D eigenvalue weighted by molar-refractivity contribution is -0.0934. The van der Waals surface area contributed by atoms with E-state index in [4.69, 9.17) is 19.0 Å². The monoisotopic (exact) mass is 255 g/mol. The molecule has 1 aromatic heterocycles. The Morgan fingerprint density at radius 1 is 1.50 bits per heavy atom. The zero-order valence-corrected chi connectivity index (χ0v) is 10.3. The van der Waals surface area contributed by atoms with Gasteiger partial charge < -0.3 is 23.9 Å². The van der Waals surface area contributed by atoms with Gasteiger partial charge in [-0.05, 0) is 12.1 Å². The Bertz CT molecular complexity index is 397. The van der Waals surface area contributed by atoms with Gasteiger partial charge in [-0.25, -0.2) is 0 Å². The van der Waals surface area contributed by atoms with Crippen molar-refractivity contribution >= 4 is 5.91 Å². The van der Waals surface area contributed by atoms with Gasteiger partial charge in [-0.2, -0.15) is 0 Å². The lowest BCUT2D eigenvalue weighted by atomic mass is 10.3. The van der Waals surface area contributed by atoms with Crippen LogP contribution in [0, 0.1) is 0 Å². The number of aliphatic hydroxyl groups excluding tert-OH is 1. The van der Waals surface area contributed by atoms with E-state index in [1.165, 1.54) is 4.90 Å². The lowest BCUT2D eigenvalue weighted by Crippen LogP contribution is -2.40. The molecule has 6 heteroatoms. The first-order valence-electron chi connectivity index (χ1n) is 5.85. The number of ether oxygens (including phenoxy) is 2. The van der Waals surface area contributed by atoms with Crippen molar-refractivity contribution in [2.24, 2.45) is 0 Å². The van der Waals surface area contributed by atoms with Crippen LogP contribution in [0.3, 0.4) is 0 Å². The standard InChI is InChI=1S/C12H17NO5/c1-13(6-10-8-16-4-5-17-10)12(15)11-3-2-9(7-14)18-11/h2-3,10,14H,4-8H2,1H3/t10-/m0/s1. The highest BCUT2D eigenvalue weighted by Crippen LogP contribution is 2.11. The molecular weight excluding hydrogens is 238 g/mol. The molecule has 2 rings (SSSR count). The predicted molar refractivity (Wildman–Crippen MR) is 62.2 cm³/mol. The molecule has 1 aromatic rings. The van der Waals surface area contributed by atoms with Crippen LogP contribution in [0.15, 0.2) is 16.5 Å². The lowest BCUT2D eigenvalue weighted by Gasteiger charge is -2.27. The molecular formula is C12H17NO5. The van der Waals surface area contributed by atoms with Crippen LogP contribution < -0.4 is 0 Å². The molecule has 0 saturated carbocycles. The van der Waals surface area contributed by atoms with E-state index in [0.29, 0.717) is 32.1 Å². The molecule has 6 nitrogen and oxygen atoms in total. The van der Waals surface area contributed by atoms with Crippen LogP contribution in [-0.2, 0) is 16.1 Å². The van der Waals surface area contributed by atoms with E-state index in [0.717, 1.165) is 0 Å². The summed E-state index contributed by atoms with van der Waals surface area (Å²) in [5, 5.41) is 8.88. The average Bonchev–Trinajstić information content (AvgIpc) is 2.87. The van der Waals surface area contributed by atoms with E-state index in [2.05, 4.69) is 0 Å². The van der Waals surface area contributed by atoms with E-state index in [9.17, 15) is 4.79 Å². The average molecular weight is 255 g/mol. The summed E-state index contributed by atoms with van der Waals surface area (Å²) in [4.78, 5) is 13.5. The summed E-state index contributed by atoms with van der Waals surface area (Å²) in [5.41, 5.74) is 0. The van der Waals surface area contributed by atoms with Crippen LogP contribution in [0.1, 0.15) is 16.3 Å². The number of furan rings is 1. The predicted octanol–water partition coefficient (Wildman–Crippen LogP) is 0.259. The summed E-state index contributed by atoms with van der Waals surface area (Å²) in [5.74, 6) is 0.367. The summed E-state index contributed by atoms with van der Waals surface area (Å²) in [6.45, 7) is 1.90. The summed E-state index contributed by atoms with van der Waals surface area (Å²) in [6.07, 6.45) is -0.0972. The molecule has 0 aliphatic carbocycles. The van der Waals surface area contributed by atoms with Gasteiger partial charge in [0.25, 0.3) is 5.91 Å². The van der Waals surface area contributed by atoms with Gasteiger partial charge in [0.15, 0.2) is 5.76 Å². The maximum absolute atomic E-state index is 12.0. The van der Waals surface area contributed by atoms with Gasteiger partial charge in [0.2, 0.25) is 0 Å². The highest BCUT2D eigenvalue weighted by atomic mass is 16.6. The van der Waals surface area contributed by atoms with Gasteiger partial charge in [-0.3, -0.25) is 4.79 Å². The van der Waals surface area contributed by atoms with Gasteiger partial charge in [-0.1, -0.05) is 0 Å². The van der Waals surface area contributed by atoms with E-state index < -0.39 is 0 Å². The normalized spacial score (nSPS) is 19.8. The minimum Gasteiger partial charge on any atom is -0.453 e. The Morgan fingerprint density at radius 2 is 2.33 bits per heavy atom. The molecule has 2 heterocycles. The minimum atomic E-state index is -0.233. The van der Waals surface area contributed by atoms with Crippen LogP contribution in [0.2, 0.25) is 0 Å². The second-order valence-corrected chi connectivity index (χ2v) is 4.18. The van der Waals surface area contributed by atoms with Crippen molar-refractivity contribution < 1.29 is 23.8 Å². The summed E-state index contributed by atoms with van der Waals surface area (Å²) in [7, 11) is 1.68. The third kappa shape index (κ3) is 3.10. The van der Waals surface area contributed by atoms with Crippen LogP contribution >= 0.6 is 0 Å². The largest absolute Gasteiger partial charge is 0.453 e. The Hall–Kier alpha value is -1.37. The molecule has 0 radical (unpaired) electrons. The number of carbonyl (C=O) groups is 1. The zero-order chi connectivity index (χ0) is 13.0. The number of rotatable bonds is 4. The SMILES string of the molecule is CN(C[C@H]1COCCO1)C(=O)c1ccc(CO)o1. The number of carbonyl (C=O) groups excluding carboxylic acids is 1. The number of amides is 1. The Kier molecular flexibility index (Phi) is 4.35. The Balaban J connectivity index is 1.91. The topological polar surface area (TPSA) is 72.1 Å². The molecule has 0 unspecified atom stereocenters. The molecule has 1 fully saturated rings. The highest BCUT2D eigenvalue weighted by Gasteiger charge is 2.21. The number of likely N-dealkylation sites (N-methyl/N-ethyl adjacent to an activating group) is 1. The van der Waals surface area contributed by atoms with Crippen LogP contribution in [0.4, 0.5) is 0 Å². The molecule has 1 aliphatic heterocycles. The van der Waals surface area contributed by atoms with E-state index in [1.54, 1.807) is 19.2 Å². The van der Waals surface area contributed by atoms with Gasteiger partial charge in [0.05, 0.1) is 25.9 Å². The van der Waals surface area contributed by atoms with Gasteiger partial charge >= 0.3 is 0 Å². The summed E-state index contributed by atoms with van der Waals surface area (Å²) < 4.78 is 15.9. The molecule has 1 aliphatic rings. The van der Waals surface area contributed by atoms with Crippen molar-refractivity contribution in [3.63, 3.8) is 0 Å². The van der Waals surface area contributed by atoms with Crippen LogP contribution in [-0.4, -0.2) is 55.4 Å². The molecule has 0 aromatic carbocycles. The molecule has 18 heavy (non-hydrogen) atoms. The quantitative estimate of drug-likeness (QED) is 0.835. The second-order valence-electron chi connectivity index (χ2n) is 4.18. The summed E-state index contributed by atoms with van der Waals surface area (Å²) in [6, 6.07) is 3.14. The van der Waals surface area contributed by atoms with Gasteiger partial charge in [0.1, 0.15) is 12.4 Å². The fourth-order valence-corrected chi connectivity index (χ4v) is 1.80. The first-order valence-corrected chi connectivity index (χ1v) is 5.85. The maximum Gasteiger partial charge on any atom is 0.289 e. The van der Waals surface area contributed by atoms with Crippen molar-refractivity contribution in [2.75, 3.05) is 33.4 Å². The Labute approximate surface area is 105 Å². The molecule has 1 atom stereocenters. The molecule has 100 valence electrons. The smallest absolute Gasteiger partial charge is 0.289 e. The van der Waals surface area contributed by atoms with Crippen LogP contribution in [0.25, 0.3) is 0 Å². The maximum atomic E-state index is 12.0. The van der Waals surface area contributed by atoms with E-state index >= 15 is 0 Å². The fraction of sp³-hybridized carbons (Fsp3) is 0.583. The summed E-state index contributed by atoms with van der Waals surface area (Å²) >= 11 is 0. The molecule has 1 N–H and O–H groups in total. The molecule has 0 spiro atoms. The third-order valence-corrected chi connectivity index (χ3v) is 2.74. The van der Waals surface area contributed by atoms with Crippen molar-refractivity contribution in [3.05, 3.63) is 23.7 Å². The number of hydrogen-bond donors (Lipinski definition) is 1. The van der Waals surface area contributed by atoms with E-state index in [-0.39, 0.29) is 24.4 Å². The number of aliphatic hydroxyl groups is 1. The van der Waals surface area contributed by atoms with E-state index in [1.807, 2.05) is 0 Å². The highest BCUT2D eigenvalue weighted by molar-refractivity contribution is 5.91. The number of hydrogen-bond acceptors (Lipinski definition) is 5. The van der Waals surface area contributed by atoms with Crippen molar-refractivity contribution in [1.29, 1.82) is 0 Å². The number of nitrogens with zero attached hydrogens (tertiary/aromatic N) is 1. The molecule has 1 saturated heterocycles. The van der Waals surface area contributed by atoms with Gasteiger partial charge in [0, 0.05) is 13.6 Å². The fourth-order valence-electron chi connectivity index (χ4n) is 1.80. The van der Waals surface area contributed by atoms with Crippen molar-refractivity contribution in [1.82, 2.24) is 4.90 Å². The first kappa shape index (κ1) is 13.1. The van der Waals surface area contributed by atoms with Crippen molar-refractivity contribution in [2.45, 2.75) is 12.7 Å².